The molecule has 0 aliphatic rings. The van der Waals surface area contributed by atoms with Gasteiger partial charge in [-0.1, -0.05) is 13.8 Å². The summed E-state index contributed by atoms with van der Waals surface area (Å²) in [6, 6.07) is 0. The maximum Gasteiger partial charge on any atom is 0.407 e. The second kappa shape index (κ2) is 6.43. The summed E-state index contributed by atoms with van der Waals surface area (Å²) >= 11 is 0. The number of amides is 1. The molecule has 1 amide bonds. The molecule has 4 heteroatoms. The van der Waals surface area contributed by atoms with Gasteiger partial charge in [0.1, 0.15) is 5.60 Å². The van der Waals surface area contributed by atoms with E-state index < -0.39 is 5.60 Å². The van der Waals surface area contributed by atoms with Crippen molar-refractivity contribution in [2.24, 2.45) is 10.9 Å². The molecule has 0 spiro atoms. The van der Waals surface area contributed by atoms with Gasteiger partial charge in [0.05, 0.1) is 6.54 Å². The van der Waals surface area contributed by atoms with Gasteiger partial charge in [-0.15, -0.1) is 0 Å². The highest BCUT2D eigenvalue weighted by molar-refractivity contribution is 5.67. The van der Waals surface area contributed by atoms with E-state index in [-0.39, 0.29) is 6.09 Å². The third-order valence-electron chi connectivity index (χ3n) is 1.31. The maximum atomic E-state index is 11.2. The first kappa shape index (κ1) is 13.9. The highest BCUT2D eigenvalue weighted by Crippen LogP contribution is 2.05. The first-order valence-corrected chi connectivity index (χ1v) is 5.28. The third-order valence-corrected chi connectivity index (χ3v) is 1.31. The average molecular weight is 214 g/mol. The molecule has 0 saturated heterocycles. The first-order chi connectivity index (χ1) is 6.81. The molecular formula is C11H22N2O2. The number of aliphatic imine (C=N–C) groups is 1. The molecule has 0 aromatic rings. The van der Waals surface area contributed by atoms with E-state index in [0.717, 1.165) is 0 Å². The average Bonchev–Trinajstić information content (AvgIpc) is 1.99. The van der Waals surface area contributed by atoms with Gasteiger partial charge in [-0.25, -0.2) is 4.79 Å². The summed E-state index contributed by atoms with van der Waals surface area (Å²) in [6.45, 7) is 10.7. The van der Waals surface area contributed by atoms with Crippen LogP contribution in [0.5, 0.6) is 0 Å². The number of nitrogens with one attached hydrogen (secondary N) is 1. The van der Waals surface area contributed by atoms with E-state index in [1.54, 1.807) is 0 Å². The molecule has 0 aromatic carbocycles. The van der Waals surface area contributed by atoms with Gasteiger partial charge in [0, 0.05) is 12.8 Å². The number of nitrogens with zero attached hydrogens (tertiary/aromatic N) is 1. The molecule has 0 atom stereocenters. The lowest BCUT2D eigenvalue weighted by molar-refractivity contribution is 0.0529. The third kappa shape index (κ3) is 10.9. The van der Waals surface area contributed by atoms with E-state index in [1.165, 1.54) is 0 Å². The Hall–Kier alpha value is -1.06. The SMILES string of the molecule is CC(C)C=NCCNC(=O)OC(C)(C)C. The summed E-state index contributed by atoms with van der Waals surface area (Å²) in [7, 11) is 0. The molecule has 15 heavy (non-hydrogen) atoms. The number of ether oxygens (including phenoxy) is 1. The lowest BCUT2D eigenvalue weighted by atomic mass is 10.2. The first-order valence-electron chi connectivity index (χ1n) is 5.28. The van der Waals surface area contributed by atoms with Crippen LogP contribution in [0.1, 0.15) is 34.6 Å². The molecule has 88 valence electrons. The van der Waals surface area contributed by atoms with Crippen LogP contribution in [0.15, 0.2) is 4.99 Å². The fraction of sp³-hybridized carbons (Fsp3) is 0.818. The number of hydrogen-bond donors (Lipinski definition) is 1. The summed E-state index contributed by atoms with van der Waals surface area (Å²) in [6.07, 6.45) is 1.48. The quantitative estimate of drug-likeness (QED) is 0.576. The lowest BCUT2D eigenvalue weighted by Gasteiger charge is -2.19. The summed E-state index contributed by atoms with van der Waals surface area (Å²) in [4.78, 5) is 15.3. The van der Waals surface area contributed by atoms with Gasteiger partial charge in [-0.3, -0.25) is 4.99 Å². The van der Waals surface area contributed by atoms with Gasteiger partial charge in [0.25, 0.3) is 0 Å². The summed E-state index contributed by atoms with van der Waals surface area (Å²) < 4.78 is 5.06. The number of carbonyl (C=O) groups is 1. The Bertz CT molecular complexity index is 217. The standard InChI is InChI=1S/C11H22N2O2/c1-9(2)8-12-6-7-13-10(14)15-11(3,4)5/h8-9H,6-7H2,1-5H3,(H,13,14). The highest BCUT2D eigenvalue weighted by Gasteiger charge is 2.15. The van der Waals surface area contributed by atoms with E-state index >= 15 is 0 Å². The van der Waals surface area contributed by atoms with Crippen molar-refractivity contribution in [1.29, 1.82) is 0 Å². The summed E-state index contributed by atoms with van der Waals surface area (Å²) in [5.74, 6) is 0.450. The minimum atomic E-state index is -0.439. The normalized spacial score (nSPS) is 12.1. The molecule has 0 saturated carbocycles. The predicted molar refractivity (Wildman–Crippen MR) is 62.4 cm³/mol. The van der Waals surface area contributed by atoms with Crippen molar-refractivity contribution in [3.05, 3.63) is 0 Å². The second-order valence-corrected chi connectivity index (χ2v) is 4.73. The summed E-state index contributed by atoms with van der Waals surface area (Å²) in [5.41, 5.74) is -0.439. The van der Waals surface area contributed by atoms with Crippen LogP contribution < -0.4 is 5.32 Å². The van der Waals surface area contributed by atoms with Crippen LogP contribution in [0, 0.1) is 5.92 Å². The molecule has 0 aromatic heterocycles. The fourth-order valence-corrected chi connectivity index (χ4v) is 0.822. The molecule has 4 nitrogen and oxygen atoms in total. The monoisotopic (exact) mass is 214 g/mol. The van der Waals surface area contributed by atoms with E-state index in [9.17, 15) is 4.79 Å². The van der Waals surface area contributed by atoms with Crippen LogP contribution in [0.3, 0.4) is 0 Å². The van der Waals surface area contributed by atoms with Crippen LogP contribution in [-0.2, 0) is 4.74 Å². The lowest BCUT2D eigenvalue weighted by Crippen LogP contribution is -2.33. The van der Waals surface area contributed by atoms with Crippen molar-refractivity contribution < 1.29 is 9.53 Å². The van der Waals surface area contributed by atoms with Crippen molar-refractivity contribution in [2.45, 2.75) is 40.2 Å². The van der Waals surface area contributed by atoms with Crippen molar-refractivity contribution in [3.8, 4) is 0 Å². The van der Waals surface area contributed by atoms with E-state index in [4.69, 9.17) is 4.74 Å². The Labute approximate surface area is 92.1 Å². The zero-order chi connectivity index (χ0) is 11.9. The summed E-state index contributed by atoms with van der Waals surface area (Å²) in [5, 5.41) is 2.64. The van der Waals surface area contributed by atoms with Gasteiger partial charge in [0.2, 0.25) is 0 Å². The molecule has 0 unspecified atom stereocenters. The van der Waals surface area contributed by atoms with Crippen molar-refractivity contribution >= 4 is 12.3 Å². The molecule has 0 aliphatic carbocycles. The van der Waals surface area contributed by atoms with E-state index in [1.807, 2.05) is 27.0 Å². The van der Waals surface area contributed by atoms with Gasteiger partial charge < -0.3 is 10.1 Å². The van der Waals surface area contributed by atoms with Crippen LogP contribution in [0.2, 0.25) is 0 Å². The molecule has 0 rings (SSSR count). The zero-order valence-electron chi connectivity index (χ0n) is 10.3. The van der Waals surface area contributed by atoms with Crippen molar-refractivity contribution in [1.82, 2.24) is 5.32 Å². The number of carbonyl (C=O) groups excluding carboxylic acids is 1. The van der Waals surface area contributed by atoms with Gasteiger partial charge >= 0.3 is 6.09 Å². The second-order valence-electron chi connectivity index (χ2n) is 4.73. The molecular weight excluding hydrogens is 192 g/mol. The molecule has 1 N–H and O–H groups in total. The number of alkyl carbamates (subject to hydrolysis) is 1. The molecule has 0 radical (unpaired) electrons. The fourth-order valence-electron chi connectivity index (χ4n) is 0.822. The Morgan fingerprint density at radius 1 is 1.47 bits per heavy atom. The molecule has 0 fully saturated rings. The Morgan fingerprint density at radius 3 is 2.53 bits per heavy atom. The molecule has 0 bridgehead atoms. The predicted octanol–water partition coefficient (Wildman–Crippen LogP) is 2.24. The van der Waals surface area contributed by atoms with Crippen LogP contribution in [0.25, 0.3) is 0 Å². The Balaban J connectivity index is 3.56. The smallest absolute Gasteiger partial charge is 0.407 e. The number of hydrogen-bond acceptors (Lipinski definition) is 3. The van der Waals surface area contributed by atoms with Crippen LogP contribution in [0.4, 0.5) is 4.79 Å². The number of rotatable bonds is 4. The zero-order valence-corrected chi connectivity index (χ0v) is 10.3. The Morgan fingerprint density at radius 2 is 2.07 bits per heavy atom. The Kier molecular flexibility index (Phi) is 5.97. The van der Waals surface area contributed by atoms with Gasteiger partial charge in [-0.05, 0) is 26.7 Å². The van der Waals surface area contributed by atoms with E-state index in [2.05, 4.69) is 24.2 Å². The van der Waals surface area contributed by atoms with Crippen LogP contribution >= 0.6 is 0 Å². The minimum absolute atomic E-state index is 0.387. The van der Waals surface area contributed by atoms with E-state index in [0.29, 0.717) is 19.0 Å². The minimum Gasteiger partial charge on any atom is -0.444 e. The molecule has 0 aliphatic heterocycles. The largest absolute Gasteiger partial charge is 0.444 e. The molecule has 0 heterocycles. The van der Waals surface area contributed by atoms with Gasteiger partial charge in [0.15, 0.2) is 0 Å². The highest BCUT2D eigenvalue weighted by atomic mass is 16.6. The van der Waals surface area contributed by atoms with Crippen molar-refractivity contribution in [2.75, 3.05) is 13.1 Å². The van der Waals surface area contributed by atoms with Crippen LogP contribution in [-0.4, -0.2) is 31.0 Å². The van der Waals surface area contributed by atoms with Crippen molar-refractivity contribution in [3.63, 3.8) is 0 Å². The maximum absolute atomic E-state index is 11.2. The van der Waals surface area contributed by atoms with Gasteiger partial charge in [-0.2, -0.15) is 0 Å². The topological polar surface area (TPSA) is 50.7 Å².